The Bertz CT molecular complexity index is 669. The van der Waals surface area contributed by atoms with Gasteiger partial charge in [0.25, 0.3) is 11.1 Å². The molecule has 7 nitrogen and oxygen atoms in total. The summed E-state index contributed by atoms with van der Waals surface area (Å²) in [5, 5.41) is 8.28. The molecular formula is C14H13NO6S. The minimum absolute atomic E-state index is 0.283. The Hall–Kier alpha value is -2.48. The lowest BCUT2D eigenvalue weighted by Gasteiger charge is -2.09. The summed E-state index contributed by atoms with van der Waals surface area (Å²) < 4.78 is 10.2. The SMILES string of the molecule is COc1cc(/C=C2\SC(=O)N(C)C2=O)ccc1OCC(=O)O. The van der Waals surface area contributed by atoms with Crippen molar-refractivity contribution in [1.82, 2.24) is 4.90 Å². The van der Waals surface area contributed by atoms with Crippen LogP contribution in [-0.2, 0) is 9.59 Å². The van der Waals surface area contributed by atoms with Crippen molar-refractivity contribution in [2.45, 2.75) is 0 Å². The van der Waals surface area contributed by atoms with E-state index >= 15 is 0 Å². The molecule has 2 amide bonds. The molecule has 116 valence electrons. The molecule has 1 aromatic rings. The first-order valence-electron chi connectivity index (χ1n) is 6.16. The number of hydrogen-bond donors (Lipinski definition) is 1. The molecule has 0 bridgehead atoms. The van der Waals surface area contributed by atoms with E-state index in [0.29, 0.717) is 16.2 Å². The largest absolute Gasteiger partial charge is 0.493 e. The molecule has 0 saturated carbocycles. The molecule has 22 heavy (non-hydrogen) atoms. The average Bonchev–Trinajstić information content (AvgIpc) is 2.73. The second kappa shape index (κ2) is 6.52. The molecule has 8 heteroatoms. The third-order valence-electron chi connectivity index (χ3n) is 2.82. The fourth-order valence-electron chi connectivity index (χ4n) is 1.73. The van der Waals surface area contributed by atoms with Crippen LogP contribution in [0.15, 0.2) is 23.1 Å². The van der Waals surface area contributed by atoms with Gasteiger partial charge in [-0.3, -0.25) is 14.5 Å². The lowest BCUT2D eigenvalue weighted by molar-refractivity contribution is -0.139. The maximum atomic E-state index is 11.8. The van der Waals surface area contributed by atoms with Crippen molar-refractivity contribution in [3.8, 4) is 11.5 Å². The smallest absolute Gasteiger partial charge is 0.341 e. The van der Waals surface area contributed by atoms with E-state index in [1.807, 2.05) is 0 Å². The number of methoxy groups -OCH3 is 1. The number of ether oxygens (including phenoxy) is 2. The van der Waals surface area contributed by atoms with E-state index in [1.54, 1.807) is 24.3 Å². The number of carbonyl (C=O) groups excluding carboxylic acids is 2. The van der Waals surface area contributed by atoms with Gasteiger partial charge in [0.2, 0.25) is 0 Å². The van der Waals surface area contributed by atoms with Crippen LogP contribution in [0.2, 0.25) is 0 Å². The van der Waals surface area contributed by atoms with Crippen LogP contribution in [0, 0.1) is 0 Å². The van der Waals surface area contributed by atoms with Crippen LogP contribution in [-0.4, -0.2) is 47.9 Å². The minimum atomic E-state index is -1.09. The number of hydrogen-bond acceptors (Lipinski definition) is 6. The van der Waals surface area contributed by atoms with Crippen molar-refractivity contribution in [3.63, 3.8) is 0 Å². The van der Waals surface area contributed by atoms with E-state index in [0.717, 1.165) is 16.7 Å². The van der Waals surface area contributed by atoms with E-state index in [-0.39, 0.29) is 16.9 Å². The standard InChI is InChI=1S/C14H13NO6S/c1-15-13(18)11(22-14(15)19)6-8-3-4-9(10(5-8)20-2)21-7-12(16)17/h3-6H,7H2,1-2H3,(H,16,17)/b11-6-. The fourth-order valence-corrected chi connectivity index (χ4v) is 2.56. The summed E-state index contributed by atoms with van der Waals surface area (Å²) >= 11 is 0.857. The van der Waals surface area contributed by atoms with Crippen LogP contribution >= 0.6 is 11.8 Å². The van der Waals surface area contributed by atoms with Gasteiger partial charge in [-0.25, -0.2) is 4.79 Å². The van der Waals surface area contributed by atoms with Gasteiger partial charge in [0.05, 0.1) is 12.0 Å². The van der Waals surface area contributed by atoms with Gasteiger partial charge in [0.15, 0.2) is 18.1 Å². The fraction of sp³-hybridized carbons (Fsp3) is 0.214. The predicted octanol–water partition coefficient (Wildman–Crippen LogP) is 1.82. The molecule has 0 radical (unpaired) electrons. The van der Waals surface area contributed by atoms with Gasteiger partial charge < -0.3 is 14.6 Å². The zero-order valence-electron chi connectivity index (χ0n) is 11.9. The van der Waals surface area contributed by atoms with Gasteiger partial charge in [-0.05, 0) is 35.5 Å². The number of thioether (sulfide) groups is 1. The van der Waals surface area contributed by atoms with Crippen molar-refractivity contribution >= 4 is 35.0 Å². The third-order valence-corrected chi connectivity index (χ3v) is 3.78. The van der Waals surface area contributed by atoms with Crippen LogP contribution in [0.1, 0.15) is 5.56 Å². The number of carboxylic acid groups (broad SMARTS) is 1. The van der Waals surface area contributed by atoms with E-state index in [9.17, 15) is 14.4 Å². The van der Waals surface area contributed by atoms with Crippen molar-refractivity contribution in [3.05, 3.63) is 28.7 Å². The number of rotatable bonds is 5. The number of benzene rings is 1. The third kappa shape index (κ3) is 3.40. The first-order valence-corrected chi connectivity index (χ1v) is 6.98. The highest BCUT2D eigenvalue weighted by atomic mass is 32.2. The highest BCUT2D eigenvalue weighted by Crippen LogP contribution is 2.33. The van der Waals surface area contributed by atoms with Gasteiger partial charge in [0.1, 0.15) is 0 Å². The molecule has 1 saturated heterocycles. The Balaban J connectivity index is 2.25. The maximum Gasteiger partial charge on any atom is 0.341 e. The highest BCUT2D eigenvalue weighted by Gasteiger charge is 2.31. The molecule has 1 heterocycles. The van der Waals surface area contributed by atoms with Gasteiger partial charge in [-0.1, -0.05) is 6.07 Å². The van der Waals surface area contributed by atoms with E-state index in [1.165, 1.54) is 14.2 Å². The normalized spacial score (nSPS) is 16.3. The summed E-state index contributed by atoms with van der Waals surface area (Å²) in [7, 11) is 2.84. The van der Waals surface area contributed by atoms with E-state index in [4.69, 9.17) is 14.6 Å². The molecule has 1 fully saturated rings. The molecular weight excluding hydrogens is 310 g/mol. The number of carboxylic acids is 1. The minimum Gasteiger partial charge on any atom is -0.493 e. The molecule has 1 aliphatic heterocycles. The van der Waals surface area contributed by atoms with Crippen LogP contribution in [0.4, 0.5) is 4.79 Å². The Morgan fingerprint density at radius 1 is 1.36 bits per heavy atom. The summed E-state index contributed by atoms with van der Waals surface area (Å²) in [4.78, 5) is 35.1. The first kappa shape index (κ1) is 15.9. The second-order valence-electron chi connectivity index (χ2n) is 4.33. The average molecular weight is 323 g/mol. The van der Waals surface area contributed by atoms with Crippen LogP contribution in [0.5, 0.6) is 11.5 Å². The van der Waals surface area contributed by atoms with Crippen LogP contribution in [0.25, 0.3) is 6.08 Å². The maximum absolute atomic E-state index is 11.8. The Morgan fingerprint density at radius 2 is 2.09 bits per heavy atom. The summed E-state index contributed by atoms with van der Waals surface area (Å²) in [5.41, 5.74) is 0.637. The first-order chi connectivity index (χ1) is 10.4. The van der Waals surface area contributed by atoms with E-state index < -0.39 is 12.6 Å². The number of carbonyl (C=O) groups is 3. The predicted molar refractivity (Wildman–Crippen MR) is 79.9 cm³/mol. The van der Waals surface area contributed by atoms with Crippen molar-refractivity contribution in [2.24, 2.45) is 0 Å². The molecule has 2 rings (SSSR count). The summed E-state index contributed by atoms with van der Waals surface area (Å²) in [6.07, 6.45) is 1.57. The Kier molecular flexibility index (Phi) is 4.71. The monoisotopic (exact) mass is 323 g/mol. The molecule has 0 aliphatic carbocycles. The summed E-state index contributed by atoms with van der Waals surface area (Å²) in [6, 6.07) is 4.79. The molecule has 1 aliphatic rings. The lowest BCUT2D eigenvalue weighted by atomic mass is 10.2. The molecule has 0 unspecified atom stereocenters. The number of likely N-dealkylation sites (N-methyl/N-ethyl adjacent to an activating group) is 1. The second-order valence-corrected chi connectivity index (χ2v) is 5.33. The van der Waals surface area contributed by atoms with E-state index in [2.05, 4.69) is 0 Å². The van der Waals surface area contributed by atoms with Crippen LogP contribution in [0.3, 0.4) is 0 Å². The van der Waals surface area contributed by atoms with Crippen molar-refractivity contribution in [2.75, 3.05) is 20.8 Å². The number of aliphatic carboxylic acids is 1. The van der Waals surface area contributed by atoms with Gasteiger partial charge in [0, 0.05) is 7.05 Å². The van der Waals surface area contributed by atoms with Gasteiger partial charge >= 0.3 is 5.97 Å². The van der Waals surface area contributed by atoms with Gasteiger partial charge in [-0.15, -0.1) is 0 Å². The summed E-state index contributed by atoms with van der Waals surface area (Å²) in [6.45, 7) is -0.482. The molecule has 1 aromatic carbocycles. The summed E-state index contributed by atoms with van der Waals surface area (Å²) in [5.74, 6) is -0.834. The highest BCUT2D eigenvalue weighted by molar-refractivity contribution is 8.18. The molecule has 1 N–H and O–H groups in total. The number of amides is 2. The Morgan fingerprint density at radius 3 is 2.64 bits per heavy atom. The van der Waals surface area contributed by atoms with Crippen molar-refractivity contribution in [1.29, 1.82) is 0 Å². The topological polar surface area (TPSA) is 93.1 Å². The molecule has 0 aromatic heterocycles. The van der Waals surface area contributed by atoms with Crippen molar-refractivity contribution < 1.29 is 29.0 Å². The van der Waals surface area contributed by atoms with Crippen LogP contribution < -0.4 is 9.47 Å². The van der Waals surface area contributed by atoms with Gasteiger partial charge in [-0.2, -0.15) is 0 Å². The Labute approximate surface area is 130 Å². The molecule has 0 spiro atoms. The number of imide groups is 1. The zero-order valence-corrected chi connectivity index (χ0v) is 12.7. The number of nitrogens with zero attached hydrogens (tertiary/aromatic N) is 1. The quantitative estimate of drug-likeness (QED) is 0.826. The zero-order chi connectivity index (χ0) is 16.3. The lowest BCUT2D eigenvalue weighted by Crippen LogP contribution is -2.22. The molecule has 0 atom stereocenters.